The molecule has 1 aliphatic rings. The van der Waals surface area contributed by atoms with Crippen molar-refractivity contribution in [3.05, 3.63) is 126 Å². The number of amides is 2. The van der Waals surface area contributed by atoms with Crippen LogP contribution in [0.1, 0.15) is 30.0 Å². The summed E-state index contributed by atoms with van der Waals surface area (Å²) in [5.41, 5.74) is 2.60. The highest BCUT2D eigenvalue weighted by Gasteiger charge is 2.36. The lowest BCUT2D eigenvalue weighted by Crippen LogP contribution is -2.47. The van der Waals surface area contributed by atoms with E-state index >= 15 is 0 Å². The van der Waals surface area contributed by atoms with E-state index in [0.717, 1.165) is 22.4 Å². The molecule has 41 heavy (non-hydrogen) atoms. The minimum atomic E-state index is -1.41. The molecule has 7 nitrogen and oxygen atoms in total. The maximum absolute atomic E-state index is 13.4. The lowest BCUT2D eigenvalue weighted by atomic mass is 9.96. The van der Waals surface area contributed by atoms with Crippen LogP contribution in [0.25, 0.3) is 0 Å². The van der Waals surface area contributed by atoms with E-state index in [4.69, 9.17) is 9.47 Å². The Morgan fingerprint density at radius 2 is 1.49 bits per heavy atom. The molecule has 0 aromatic heterocycles. The van der Waals surface area contributed by atoms with Gasteiger partial charge in [0, 0.05) is 19.5 Å². The maximum atomic E-state index is 13.4. The predicted octanol–water partition coefficient (Wildman–Crippen LogP) is 6.56. The molecule has 0 saturated heterocycles. The average Bonchev–Trinajstić information content (AvgIpc) is 2.99. The summed E-state index contributed by atoms with van der Waals surface area (Å²) in [6.45, 7) is 3.70. The summed E-state index contributed by atoms with van der Waals surface area (Å²) >= 11 is 0. The summed E-state index contributed by atoms with van der Waals surface area (Å²) in [5, 5.41) is 9.84. The molecule has 1 heterocycles. The van der Waals surface area contributed by atoms with Gasteiger partial charge in [0.25, 0.3) is 0 Å². The van der Waals surface area contributed by atoms with Gasteiger partial charge in [-0.15, -0.1) is 0 Å². The lowest BCUT2D eigenvalue weighted by Gasteiger charge is -2.37. The van der Waals surface area contributed by atoms with Gasteiger partial charge in [-0.2, -0.15) is 0 Å². The van der Waals surface area contributed by atoms with Crippen molar-refractivity contribution in [3.63, 3.8) is 0 Å². The number of anilines is 1. The molecule has 0 radical (unpaired) electrons. The number of carbonyl (C=O) groups excluding carboxylic acids is 1. The predicted molar refractivity (Wildman–Crippen MR) is 158 cm³/mol. The highest BCUT2D eigenvalue weighted by Crippen LogP contribution is 2.30. The molecule has 0 bridgehead atoms. The van der Waals surface area contributed by atoms with Crippen molar-refractivity contribution in [3.8, 4) is 11.5 Å². The molecule has 0 saturated carbocycles. The number of hydrogen-bond acceptors (Lipinski definition) is 4. The number of carbonyl (C=O) groups is 2. The van der Waals surface area contributed by atoms with E-state index in [0.29, 0.717) is 44.2 Å². The minimum Gasteiger partial charge on any atom is -0.494 e. The molecule has 1 atom stereocenters. The first-order chi connectivity index (χ1) is 19.9. The molecule has 0 fully saturated rings. The molecule has 0 aliphatic carbocycles. The zero-order valence-corrected chi connectivity index (χ0v) is 23.1. The largest absolute Gasteiger partial charge is 0.494 e. The Balaban J connectivity index is 1.15. The number of ether oxygens (including phenoxy) is 2. The van der Waals surface area contributed by atoms with Gasteiger partial charge in [0.2, 0.25) is 5.60 Å². The van der Waals surface area contributed by atoms with E-state index in [-0.39, 0.29) is 12.5 Å². The first kappa shape index (κ1) is 27.8. The molecular formula is C34H34N2O5. The first-order valence-corrected chi connectivity index (χ1v) is 13.8. The van der Waals surface area contributed by atoms with Gasteiger partial charge in [-0.25, -0.2) is 9.59 Å². The van der Waals surface area contributed by atoms with Crippen LogP contribution in [-0.4, -0.2) is 40.8 Å². The molecule has 7 heteroatoms. The van der Waals surface area contributed by atoms with Gasteiger partial charge in [0.05, 0.1) is 18.8 Å². The van der Waals surface area contributed by atoms with Crippen molar-refractivity contribution in [2.75, 3.05) is 18.1 Å². The quantitative estimate of drug-likeness (QED) is 0.202. The van der Waals surface area contributed by atoms with Crippen LogP contribution in [0.15, 0.2) is 109 Å². The number of para-hydroxylation sites is 2. The van der Waals surface area contributed by atoms with E-state index < -0.39 is 11.6 Å². The average molecular weight is 551 g/mol. The number of hydrogen-bond donors (Lipinski definition) is 1. The third-order valence-corrected chi connectivity index (χ3v) is 7.17. The fourth-order valence-electron chi connectivity index (χ4n) is 4.99. The summed E-state index contributed by atoms with van der Waals surface area (Å²) in [4.78, 5) is 29.2. The van der Waals surface area contributed by atoms with E-state index in [1.807, 2.05) is 101 Å². The fourth-order valence-corrected chi connectivity index (χ4v) is 4.99. The summed E-state index contributed by atoms with van der Waals surface area (Å²) < 4.78 is 11.8. The molecule has 1 aliphatic heterocycles. The SMILES string of the molecule is C[C@@](Cc1ccc(OCCCN2Cc3ccccc3N(Cc3ccccc3)C2=O)cc1)(Oc1ccccc1)C(=O)O. The van der Waals surface area contributed by atoms with Gasteiger partial charge in [-0.05, 0) is 60.4 Å². The van der Waals surface area contributed by atoms with Gasteiger partial charge in [-0.3, -0.25) is 4.90 Å². The Kier molecular flexibility index (Phi) is 8.53. The number of benzene rings is 4. The molecule has 210 valence electrons. The molecule has 4 aromatic rings. The van der Waals surface area contributed by atoms with Crippen molar-refractivity contribution >= 4 is 17.7 Å². The molecule has 5 rings (SSSR count). The van der Waals surface area contributed by atoms with E-state index in [2.05, 4.69) is 6.07 Å². The van der Waals surface area contributed by atoms with Crippen molar-refractivity contribution < 1.29 is 24.2 Å². The number of nitrogens with zero attached hydrogens (tertiary/aromatic N) is 2. The summed E-state index contributed by atoms with van der Waals surface area (Å²) in [7, 11) is 0. The molecular weight excluding hydrogens is 516 g/mol. The zero-order chi connectivity index (χ0) is 28.7. The Morgan fingerprint density at radius 1 is 0.829 bits per heavy atom. The Hall–Kier alpha value is -4.78. The van der Waals surface area contributed by atoms with Crippen LogP contribution in [0.5, 0.6) is 11.5 Å². The Bertz CT molecular complexity index is 1460. The third-order valence-electron chi connectivity index (χ3n) is 7.17. The van der Waals surface area contributed by atoms with Gasteiger partial charge in [-0.1, -0.05) is 78.9 Å². The topological polar surface area (TPSA) is 79.3 Å². The van der Waals surface area contributed by atoms with Crippen LogP contribution in [0, 0.1) is 0 Å². The Labute approximate surface area is 240 Å². The van der Waals surface area contributed by atoms with Crippen LogP contribution >= 0.6 is 0 Å². The van der Waals surface area contributed by atoms with Crippen molar-refractivity contribution in [2.45, 2.75) is 38.5 Å². The van der Waals surface area contributed by atoms with E-state index in [9.17, 15) is 14.7 Å². The van der Waals surface area contributed by atoms with Gasteiger partial charge >= 0.3 is 12.0 Å². The number of fused-ring (bicyclic) bond motifs is 1. The van der Waals surface area contributed by atoms with Gasteiger partial charge in [0.15, 0.2) is 0 Å². The number of rotatable bonds is 12. The molecule has 4 aromatic carbocycles. The number of aliphatic carboxylic acids is 1. The standard InChI is InChI=1S/C34H34N2O5/c1-34(32(37)38,41-30-14-6-3-7-15-30)23-26-17-19-29(20-18-26)40-22-10-21-35-25-28-13-8-9-16-31(28)36(33(35)39)24-27-11-4-2-5-12-27/h2-9,11-20H,10,21-25H2,1H3,(H,37,38)/t34-/m0/s1. The molecule has 2 amide bonds. The van der Waals surface area contributed by atoms with Crippen molar-refractivity contribution in [1.82, 2.24) is 4.90 Å². The number of urea groups is 1. The second-order valence-electron chi connectivity index (χ2n) is 10.4. The normalized spacial score (nSPS) is 14.2. The highest BCUT2D eigenvalue weighted by atomic mass is 16.5. The van der Waals surface area contributed by atoms with Crippen LogP contribution < -0.4 is 14.4 Å². The maximum Gasteiger partial charge on any atom is 0.348 e. The molecule has 1 N–H and O–H groups in total. The van der Waals surface area contributed by atoms with E-state index in [1.165, 1.54) is 0 Å². The summed E-state index contributed by atoms with van der Waals surface area (Å²) in [6.07, 6.45) is 0.881. The van der Waals surface area contributed by atoms with Crippen molar-refractivity contribution in [1.29, 1.82) is 0 Å². The van der Waals surface area contributed by atoms with Gasteiger partial charge in [0.1, 0.15) is 11.5 Å². The van der Waals surface area contributed by atoms with Crippen LogP contribution in [-0.2, 0) is 24.3 Å². The van der Waals surface area contributed by atoms with Gasteiger partial charge < -0.3 is 19.5 Å². The minimum absolute atomic E-state index is 0.00360. The number of carboxylic acid groups (broad SMARTS) is 1. The third kappa shape index (κ3) is 6.87. The van der Waals surface area contributed by atoms with Crippen LogP contribution in [0.2, 0.25) is 0 Å². The van der Waals surface area contributed by atoms with Crippen LogP contribution in [0.4, 0.5) is 10.5 Å². The highest BCUT2D eigenvalue weighted by molar-refractivity contribution is 5.94. The molecule has 0 unspecified atom stereocenters. The summed E-state index contributed by atoms with van der Waals surface area (Å²) in [6, 6.07) is 34.4. The number of carboxylic acids is 1. The second kappa shape index (κ2) is 12.6. The monoisotopic (exact) mass is 550 g/mol. The smallest absolute Gasteiger partial charge is 0.348 e. The van der Waals surface area contributed by atoms with Crippen LogP contribution in [0.3, 0.4) is 0 Å². The fraction of sp³-hybridized carbons (Fsp3) is 0.235. The Morgan fingerprint density at radius 3 is 2.20 bits per heavy atom. The zero-order valence-electron chi connectivity index (χ0n) is 23.1. The van der Waals surface area contributed by atoms with E-state index in [1.54, 1.807) is 19.1 Å². The van der Waals surface area contributed by atoms with Crippen molar-refractivity contribution in [2.24, 2.45) is 0 Å². The first-order valence-electron chi connectivity index (χ1n) is 13.8. The molecule has 0 spiro atoms. The summed E-state index contributed by atoms with van der Waals surface area (Å²) in [5.74, 6) is 0.172. The second-order valence-corrected chi connectivity index (χ2v) is 10.4. The lowest BCUT2D eigenvalue weighted by molar-refractivity contribution is -0.153.